The van der Waals surface area contributed by atoms with E-state index in [0.29, 0.717) is 12.3 Å². The van der Waals surface area contributed by atoms with Crippen molar-refractivity contribution in [1.29, 1.82) is 0 Å². The molecule has 2 aromatic heterocycles. The number of nitrogens with zero attached hydrogens (tertiary/aromatic N) is 5. The molecule has 0 radical (unpaired) electrons. The summed E-state index contributed by atoms with van der Waals surface area (Å²) < 4.78 is 3.78. The van der Waals surface area contributed by atoms with Crippen molar-refractivity contribution in [3.8, 4) is 0 Å². The van der Waals surface area contributed by atoms with Crippen LogP contribution in [0.3, 0.4) is 0 Å². The van der Waals surface area contributed by atoms with Crippen molar-refractivity contribution in [1.82, 2.24) is 24.5 Å². The molecule has 0 aromatic carbocycles. The Labute approximate surface area is 113 Å². The van der Waals surface area contributed by atoms with Gasteiger partial charge in [-0.3, -0.25) is 4.68 Å². The van der Waals surface area contributed by atoms with Gasteiger partial charge in [0.25, 0.3) is 0 Å². The quantitative estimate of drug-likeness (QED) is 0.879. The van der Waals surface area contributed by atoms with Gasteiger partial charge in [0.1, 0.15) is 12.2 Å². The minimum Gasteiger partial charge on any atom is -0.323 e. The van der Waals surface area contributed by atoms with Gasteiger partial charge in [0.05, 0.1) is 6.20 Å². The lowest BCUT2D eigenvalue weighted by Gasteiger charge is -2.13. The highest BCUT2D eigenvalue weighted by atomic mass is 15.3. The van der Waals surface area contributed by atoms with Crippen LogP contribution < -0.4 is 5.73 Å². The summed E-state index contributed by atoms with van der Waals surface area (Å²) in [6.45, 7) is 7.22. The van der Waals surface area contributed by atoms with Crippen LogP contribution in [0.25, 0.3) is 0 Å². The Balaban J connectivity index is 2.13. The van der Waals surface area contributed by atoms with Crippen LogP contribution in [-0.2, 0) is 20.0 Å². The molecule has 2 rings (SSSR count). The fraction of sp³-hybridized carbons (Fsp3) is 0.615. The summed E-state index contributed by atoms with van der Waals surface area (Å²) in [5.74, 6) is 1.47. The van der Waals surface area contributed by atoms with E-state index in [9.17, 15) is 0 Å². The first-order chi connectivity index (χ1) is 8.99. The summed E-state index contributed by atoms with van der Waals surface area (Å²) in [5, 5.41) is 8.49. The Morgan fingerprint density at radius 1 is 1.32 bits per heavy atom. The molecule has 104 valence electrons. The van der Waals surface area contributed by atoms with Crippen LogP contribution in [0.15, 0.2) is 12.5 Å². The van der Waals surface area contributed by atoms with Gasteiger partial charge in [-0.2, -0.15) is 10.2 Å². The van der Waals surface area contributed by atoms with E-state index in [0.717, 1.165) is 23.6 Å². The molecule has 0 aliphatic heterocycles. The molecule has 0 aliphatic carbocycles. The van der Waals surface area contributed by atoms with Crippen LogP contribution in [0.2, 0.25) is 0 Å². The zero-order chi connectivity index (χ0) is 14.0. The smallest absolute Gasteiger partial charge is 0.138 e. The van der Waals surface area contributed by atoms with Gasteiger partial charge in [0.15, 0.2) is 0 Å². The second-order valence-electron chi connectivity index (χ2n) is 5.37. The van der Waals surface area contributed by atoms with Gasteiger partial charge in [-0.05, 0) is 12.8 Å². The number of aromatic nitrogens is 5. The summed E-state index contributed by atoms with van der Waals surface area (Å²) >= 11 is 0. The van der Waals surface area contributed by atoms with Crippen molar-refractivity contribution in [3.63, 3.8) is 0 Å². The van der Waals surface area contributed by atoms with Gasteiger partial charge in [-0.1, -0.05) is 13.8 Å². The molecule has 0 spiro atoms. The molecule has 1 unspecified atom stereocenters. The molecule has 2 heterocycles. The van der Waals surface area contributed by atoms with Crippen molar-refractivity contribution in [3.05, 3.63) is 29.6 Å². The Hall–Kier alpha value is -1.69. The number of hydrogen-bond acceptors (Lipinski definition) is 4. The molecule has 0 saturated heterocycles. The molecule has 6 nitrogen and oxygen atoms in total. The van der Waals surface area contributed by atoms with E-state index in [1.54, 1.807) is 6.33 Å². The molecule has 0 saturated carbocycles. The molecule has 19 heavy (non-hydrogen) atoms. The predicted octanol–water partition coefficient (Wildman–Crippen LogP) is 1.22. The normalized spacial score (nSPS) is 13.2. The minimum atomic E-state index is -0.0937. The van der Waals surface area contributed by atoms with Crippen molar-refractivity contribution < 1.29 is 0 Å². The zero-order valence-corrected chi connectivity index (χ0v) is 12.0. The topological polar surface area (TPSA) is 74.6 Å². The first-order valence-corrected chi connectivity index (χ1v) is 6.59. The summed E-state index contributed by atoms with van der Waals surface area (Å²) in [6.07, 6.45) is 4.11. The minimum absolute atomic E-state index is 0.0937. The van der Waals surface area contributed by atoms with Crippen molar-refractivity contribution in [2.45, 2.75) is 39.8 Å². The summed E-state index contributed by atoms with van der Waals surface area (Å²) in [7, 11) is 1.92. The summed E-state index contributed by atoms with van der Waals surface area (Å²) in [6, 6.07) is -0.0937. The lowest BCUT2D eigenvalue weighted by atomic mass is 10.1. The van der Waals surface area contributed by atoms with Crippen molar-refractivity contribution in [2.24, 2.45) is 18.7 Å². The molecular formula is C13H22N6. The molecule has 2 N–H and O–H groups in total. The standard InChI is InChI=1S/C13H22N6/c1-9(2)7-19-13(15-8-17-19)5-12(14)11-6-16-18(4)10(11)3/h6,8-9,12H,5,7,14H2,1-4H3. The zero-order valence-electron chi connectivity index (χ0n) is 12.0. The maximum Gasteiger partial charge on any atom is 0.138 e. The fourth-order valence-corrected chi connectivity index (χ4v) is 2.13. The van der Waals surface area contributed by atoms with Crippen LogP contribution in [0.5, 0.6) is 0 Å². The van der Waals surface area contributed by atoms with Crippen LogP contribution in [-0.4, -0.2) is 24.5 Å². The first-order valence-electron chi connectivity index (χ1n) is 6.59. The fourth-order valence-electron chi connectivity index (χ4n) is 2.13. The SMILES string of the molecule is Cc1c(C(N)Cc2ncnn2CC(C)C)cnn1C. The van der Waals surface area contributed by atoms with Crippen LogP contribution in [0.4, 0.5) is 0 Å². The molecule has 2 aromatic rings. The Kier molecular flexibility index (Phi) is 3.99. The lowest BCUT2D eigenvalue weighted by molar-refractivity contribution is 0.459. The highest BCUT2D eigenvalue weighted by molar-refractivity contribution is 5.21. The predicted molar refractivity (Wildman–Crippen MR) is 73.4 cm³/mol. The highest BCUT2D eigenvalue weighted by Gasteiger charge is 2.16. The second-order valence-corrected chi connectivity index (χ2v) is 5.37. The first kappa shape index (κ1) is 13.7. The average Bonchev–Trinajstić information content (AvgIpc) is 2.88. The third-order valence-corrected chi connectivity index (χ3v) is 3.31. The lowest BCUT2D eigenvalue weighted by Crippen LogP contribution is -2.19. The molecule has 0 fully saturated rings. The van der Waals surface area contributed by atoms with E-state index < -0.39 is 0 Å². The third-order valence-electron chi connectivity index (χ3n) is 3.31. The molecule has 1 atom stereocenters. The maximum atomic E-state index is 6.27. The number of hydrogen-bond donors (Lipinski definition) is 1. The van der Waals surface area contributed by atoms with Crippen LogP contribution >= 0.6 is 0 Å². The summed E-state index contributed by atoms with van der Waals surface area (Å²) in [4.78, 5) is 4.32. The van der Waals surface area contributed by atoms with E-state index in [4.69, 9.17) is 5.73 Å². The number of nitrogens with two attached hydrogens (primary N) is 1. The van der Waals surface area contributed by atoms with E-state index in [1.807, 2.05) is 29.5 Å². The third kappa shape index (κ3) is 3.01. The molecule has 0 bridgehead atoms. The average molecular weight is 262 g/mol. The molecule has 0 aliphatic rings. The maximum absolute atomic E-state index is 6.27. The monoisotopic (exact) mass is 262 g/mol. The van der Waals surface area contributed by atoms with Gasteiger partial charge < -0.3 is 5.73 Å². The Bertz CT molecular complexity index is 539. The van der Waals surface area contributed by atoms with Crippen LogP contribution in [0.1, 0.15) is 37.0 Å². The van der Waals surface area contributed by atoms with Crippen molar-refractivity contribution >= 4 is 0 Å². The van der Waals surface area contributed by atoms with Gasteiger partial charge in [0, 0.05) is 37.3 Å². The van der Waals surface area contributed by atoms with Gasteiger partial charge in [-0.15, -0.1) is 0 Å². The van der Waals surface area contributed by atoms with E-state index >= 15 is 0 Å². The van der Waals surface area contributed by atoms with E-state index in [2.05, 4.69) is 29.0 Å². The molecule has 0 amide bonds. The van der Waals surface area contributed by atoms with Gasteiger partial charge in [0.2, 0.25) is 0 Å². The van der Waals surface area contributed by atoms with Crippen molar-refractivity contribution in [2.75, 3.05) is 0 Å². The molecule has 6 heteroatoms. The number of rotatable bonds is 5. The second kappa shape index (κ2) is 5.52. The van der Waals surface area contributed by atoms with Gasteiger partial charge in [-0.25, -0.2) is 9.67 Å². The highest BCUT2D eigenvalue weighted by Crippen LogP contribution is 2.18. The molecular weight excluding hydrogens is 240 g/mol. The number of aryl methyl sites for hydroxylation is 1. The Morgan fingerprint density at radius 2 is 2.05 bits per heavy atom. The summed E-state index contributed by atoms with van der Waals surface area (Å²) in [5.41, 5.74) is 8.44. The van der Waals surface area contributed by atoms with E-state index in [1.165, 1.54) is 0 Å². The largest absolute Gasteiger partial charge is 0.323 e. The van der Waals surface area contributed by atoms with Crippen LogP contribution in [0, 0.1) is 12.8 Å². The Morgan fingerprint density at radius 3 is 2.63 bits per heavy atom. The van der Waals surface area contributed by atoms with Gasteiger partial charge >= 0.3 is 0 Å². The van der Waals surface area contributed by atoms with E-state index in [-0.39, 0.29) is 6.04 Å².